The van der Waals surface area contributed by atoms with Crippen molar-refractivity contribution in [2.24, 2.45) is 11.8 Å². The highest BCUT2D eigenvalue weighted by molar-refractivity contribution is 5.97. The third-order valence-corrected chi connectivity index (χ3v) is 4.91. The molecule has 25 heavy (non-hydrogen) atoms. The van der Waals surface area contributed by atoms with Gasteiger partial charge in [0.25, 0.3) is 5.91 Å². The van der Waals surface area contributed by atoms with Gasteiger partial charge in [-0.3, -0.25) is 14.4 Å². The fourth-order valence-corrected chi connectivity index (χ4v) is 3.11. The fourth-order valence-electron chi connectivity index (χ4n) is 3.11. The van der Waals surface area contributed by atoms with E-state index in [4.69, 9.17) is 4.42 Å². The van der Waals surface area contributed by atoms with Crippen molar-refractivity contribution >= 4 is 17.7 Å². The Morgan fingerprint density at radius 3 is 2.72 bits per heavy atom. The van der Waals surface area contributed by atoms with Crippen LogP contribution in [0.5, 0.6) is 0 Å². The second kappa shape index (κ2) is 7.72. The van der Waals surface area contributed by atoms with Crippen molar-refractivity contribution in [1.82, 2.24) is 15.5 Å². The molecular weight excluding hydrogens is 322 g/mol. The largest absolute Gasteiger partial charge is 0.469 e. The number of carbonyl (C=O) groups is 3. The van der Waals surface area contributed by atoms with Crippen LogP contribution in [-0.4, -0.2) is 48.8 Å². The van der Waals surface area contributed by atoms with E-state index in [1.54, 1.807) is 17.9 Å². The Balaban J connectivity index is 1.45. The Morgan fingerprint density at radius 2 is 2.04 bits per heavy atom. The number of nitrogens with one attached hydrogen (secondary N) is 2. The molecule has 1 aliphatic heterocycles. The zero-order valence-electron chi connectivity index (χ0n) is 14.5. The SMILES string of the molecule is Cc1occc1C(=O)NCC(=O)N1CCC[C@H](C(=O)NCC2CC2)C1. The number of likely N-dealkylation sites (tertiary alicyclic amines) is 1. The molecule has 1 aromatic rings. The van der Waals surface area contributed by atoms with Crippen LogP contribution in [0.3, 0.4) is 0 Å². The molecule has 3 amide bonds. The topological polar surface area (TPSA) is 91.7 Å². The van der Waals surface area contributed by atoms with Crippen LogP contribution in [0, 0.1) is 18.8 Å². The lowest BCUT2D eigenvalue weighted by atomic mass is 9.97. The molecule has 2 fully saturated rings. The summed E-state index contributed by atoms with van der Waals surface area (Å²) < 4.78 is 5.09. The Kier molecular flexibility index (Phi) is 5.40. The second-order valence-corrected chi connectivity index (χ2v) is 6.94. The number of amides is 3. The van der Waals surface area contributed by atoms with Crippen LogP contribution < -0.4 is 10.6 Å². The molecule has 0 unspecified atom stereocenters. The predicted octanol–water partition coefficient (Wildman–Crippen LogP) is 1.08. The molecule has 0 spiro atoms. The van der Waals surface area contributed by atoms with Gasteiger partial charge in [-0.2, -0.15) is 0 Å². The maximum atomic E-state index is 12.4. The number of carbonyl (C=O) groups excluding carboxylic acids is 3. The van der Waals surface area contributed by atoms with E-state index in [9.17, 15) is 14.4 Å². The molecule has 7 heteroatoms. The summed E-state index contributed by atoms with van der Waals surface area (Å²) in [5, 5.41) is 5.62. The Morgan fingerprint density at radius 1 is 1.24 bits per heavy atom. The molecule has 0 radical (unpaired) electrons. The van der Waals surface area contributed by atoms with Crippen LogP contribution in [-0.2, 0) is 9.59 Å². The molecule has 3 rings (SSSR count). The minimum Gasteiger partial charge on any atom is -0.469 e. The van der Waals surface area contributed by atoms with E-state index >= 15 is 0 Å². The first-order valence-corrected chi connectivity index (χ1v) is 8.92. The molecule has 1 saturated carbocycles. The fraction of sp³-hybridized carbons (Fsp3) is 0.611. The number of furan rings is 1. The van der Waals surface area contributed by atoms with Gasteiger partial charge in [-0.15, -0.1) is 0 Å². The lowest BCUT2D eigenvalue weighted by Gasteiger charge is -2.32. The van der Waals surface area contributed by atoms with E-state index in [1.807, 2.05) is 0 Å². The molecule has 1 atom stereocenters. The predicted molar refractivity (Wildman–Crippen MR) is 90.8 cm³/mol. The van der Waals surface area contributed by atoms with E-state index in [0.717, 1.165) is 19.4 Å². The molecule has 1 aromatic heterocycles. The summed E-state index contributed by atoms with van der Waals surface area (Å²) in [5.41, 5.74) is 0.434. The van der Waals surface area contributed by atoms with Gasteiger partial charge in [-0.25, -0.2) is 0 Å². The van der Waals surface area contributed by atoms with Gasteiger partial charge < -0.3 is 20.0 Å². The third kappa shape index (κ3) is 4.61. The van der Waals surface area contributed by atoms with Crippen LogP contribution in [0.25, 0.3) is 0 Å². The minimum absolute atomic E-state index is 0.0439. The third-order valence-electron chi connectivity index (χ3n) is 4.91. The molecule has 2 N–H and O–H groups in total. The van der Waals surface area contributed by atoms with Crippen LogP contribution in [0.1, 0.15) is 41.8 Å². The molecule has 136 valence electrons. The van der Waals surface area contributed by atoms with E-state index in [0.29, 0.717) is 30.3 Å². The number of hydrogen-bond donors (Lipinski definition) is 2. The molecule has 1 saturated heterocycles. The summed E-state index contributed by atoms with van der Waals surface area (Å²) in [5.74, 6) is 0.581. The minimum atomic E-state index is -0.324. The Labute approximate surface area is 147 Å². The number of aryl methyl sites for hydroxylation is 1. The van der Waals surface area contributed by atoms with Gasteiger partial charge in [0.2, 0.25) is 11.8 Å². The highest BCUT2D eigenvalue weighted by Gasteiger charge is 2.30. The summed E-state index contributed by atoms with van der Waals surface area (Å²) >= 11 is 0. The molecule has 1 aliphatic carbocycles. The number of rotatable bonds is 6. The molecule has 0 bridgehead atoms. The summed E-state index contributed by atoms with van der Waals surface area (Å²) in [6, 6.07) is 1.58. The first-order valence-electron chi connectivity index (χ1n) is 8.92. The summed E-state index contributed by atoms with van der Waals surface area (Å²) in [6.45, 7) is 3.44. The second-order valence-electron chi connectivity index (χ2n) is 6.94. The molecule has 7 nitrogen and oxygen atoms in total. The van der Waals surface area contributed by atoms with Crippen molar-refractivity contribution in [3.05, 3.63) is 23.7 Å². The van der Waals surface area contributed by atoms with E-state index in [2.05, 4.69) is 10.6 Å². The number of piperidine rings is 1. The van der Waals surface area contributed by atoms with Gasteiger partial charge >= 0.3 is 0 Å². The molecular formula is C18H25N3O4. The van der Waals surface area contributed by atoms with Gasteiger partial charge in [0, 0.05) is 19.6 Å². The van der Waals surface area contributed by atoms with Crippen LogP contribution in [0.4, 0.5) is 0 Å². The van der Waals surface area contributed by atoms with Gasteiger partial charge in [-0.05, 0) is 44.6 Å². The summed E-state index contributed by atoms with van der Waals surface area (Å²) in [4.78, 5) is 38.3. The van der Waals surface area contributed by atoms with Crippen LogP contribution >= 0.6 is 0 Å². The van der Waals surface area contributed by atoms with Gasteiger partial charge in [0.15, 0.2) is 0 Å². The molecule has 2 aliphatic rings. The van der Waals surface area contributed by atoms with Crippen molar-refractivity contribution in [3.8, 4) is 0 Å². The smallest absolute Gasteiger partial charge is 0.255 e. The molecule has 0 aromatic carbocycles. The van der Waals surface area contributed by atoms with Crippen molar-refractivity contribution in [1.29, 1.82) is 0 Å². The standard InChI is InChI=1S/C18H25N3O4/c1-12-15(6-8-25-12)18(24)20-10-16(22)21-7-2-3-14(11-21)17(23)19-9-13-4-5-13/h6,8,13-14H,2-5,7,9-11H2,1H3,(H,19,23)(H,20,24)/t14-/m0/s1. The highest BCUT2D eigenvalue weighted by Crippen LogP contribution is 2.28. The molecule has 2 heterocycles. The van der Waals surface area contributed by atoms with Crippen molar-refractivity contribution in [2.45, 2.75) is 32.6 Å². The van der Waals surface area contributed by atoms with Crippen molar-refractivity contribution < 1.29 is 18.8 Å². The monoisotopic (exact) mass is 347 g/mol. The Hall–Kier alpha value is -2.31. The first-order chi connectivity index (χ1) is 12.0. The van der Waals surface area contributed by atoms with Gasteiger partial charge in [0.1, 0.15) is 5.76 Å². The van der Waals surface area contributed by atoms with E-state index < -0.39 is 0 Å². The van der Waals surface area contributed by atoms with E-state index in [1.165, 1.54) is 19.1 Å². The maximum Gasteiger partial charge on any atom is 0.255 e. The average Bonchev–Trinajstić information content (AvgIpc) is 3.36. The lowest BCUT2D eigenvalue weighted by Crippen LogP contribution is -2.48. The number of hydrogen-bond acceptors (Lipinski definition) is 4. The first kappa shape index (κ1) is 17.5. The quantitative estimate of drug-likeness (QED) is 0.806. The highest BCUT2D eigenvalue weighted by atomic mass is 16.3. The Bertz CT molecular complexity index is 651. The van der Waals surface area contributed by atoms with Crippen LogP contribution in [0.15, 0.2) is 16.7 Å². The van der Waals surface area contributed by atoms with Gasteiger partial charge in [0.05, 0.1) is 24.3 Å². The summed E-state index contributed by atoms with van der Waals surface area (Å²) in [6.07, 6.45) is 5.46. The zero-order valence-corrected chi connectivity index (χ0v) is 14.5. The summed E-state index contributed by atoms with van der Waals surface area (Å²) in [7, 11) is 0. The average molecular weight is 347 g/mol. The lowest BCUT2D eigenvalue weighted by molar-refractivity contribution is -0.134. The zero-order chi connectivity index (χ0) is 17.8. The normalized spacial score (nSPS) is 20.2. The van der Waals surface area contributed by atoms with Gasteiger partial charge in [-0.1, -0.05) is 0 Å². The van der Waals surface area contributed by atoms with Crippen LogP contribution in [0.2, 0.25) is 0 Å². The van der Waals surface area contributed by atoms with E-state index in [-0.39, 0.29) is 30.2 Å². The van der Waals surface area contributed by atoms with Crippen molar-refractivity contribution in [2.75, 3.05) is 26.2 Å². The maximum absolute atomic E-state index is 12.4. The number of nitrogens with zero attached hydrogens (tertiary/aromatic N) is 1. The van der Waals surface area contributed by atoms with Crippen molar-refractivity contribution in [3.63, 3.8) is 0 Å².